The van der Waals surface area contributed by atoms with Crippen molar-refractivity contribution in [2.75, 3.05) is 20.3 Å². The Morgan fingerprint density at radius 2 is 1.63 bits per heavy atom. The van der Waals surface area contributed by atoms with Crippen LogP contribution in [0.1, 0.15) is 25.7 Å². The average molecular weight is 492 g/mol. The van der Waals surface area contributed by atoms with Crippen molar-refractivity contribution in [1.82, 2.24) is 14.5 Å². The zero-order valence-corrected chi connectivity index (χ0v) is 20.5. The van der Waals surface area contributed by atoms with E-state index in [9.17, 15) is 9.59 Å². The van der Waals surface area contributed by atoms with E-state index in [0.717, 1.165) is 0 Å². The maximum Gasteiger partial charge on any atom is 0.266 e. The van der Waals surface area contributed by atoms with Crippen molar-refractivity contribution in [2.24, 2.45) is 0 Å². The Morgan fingerprint density at radius 3 is 2.31 bits per heavy atom. The number of hydrogen-bond acceptors (Lipinski definition) is 5. The molecular formula is C27H26ClN3O4. The molecule has 0 spiro atoms. The van der Waals surface area contributed by atoms with Crippen molar-refractivity contribution in [2.45, 2.75) is 19.9 Å². The molecule has 0 bridgehead atoms. The number of nitrogens with zero attached hydrogens (tertiary/aromatic N) is 3. The molecule has 1 atom stereocenters. The molecule has 180 valence electrons. The van der Waals surface area contributed by atoms with Crippen molar-refractivity contribution in [3.8, 4) is 17.2 Å². The van der Waals surface area contributed by atoms with Gasteiger partial charge in [0.2, 0.25) is 0 Å². The third kappa shape index (κ3) is 5.30. The lowest BCUT2D eigenvalue weighted by atomic mass is 10.2. The van der Waals surface area contributed by atoms with Crippen molar-refractivity contribution in [1.29, 1.82) is 0 Å². The van der Waals surface area contributed by atoms with Gasteiger partial charge in [-0.05, 0) is 74.5 Å². The van der Waals surface area contributed by atoms with E-state index in [0.29, 0.717) is 45.5 Å². The Labute approximate surface area is 208 Å². The number of benzene rings is 3. The van der Waals surface area contributed by atoms with Gasteiger partial charge in [0.15, 0.2) is 6.61 Å². The quantitative estimate of drug-likeness (QED) is 0.345. The number of ether oxygens (including phenoxy) is 2. The molecule has 0 aliphatic rings. The van der Waals surface area contributed by atoms with Gasteiger partial charge in [-0.15, -0.1) is 0 Å². The van der Waals surface area contributed by atoms with Crippen LogP contribution in [-0.2, 0) is 4.79 Å². The third-order valence-corrected chi connectivity index (χ3v) is 5.98. The van der Waals surface area contributed by atoms with Crippen LogP contribution in [0, 0.1) is 0 Å². The summed E-state index contributed by atoms with van der Waals surface area (Å²) in [5, 5.41) is 1.08. The minimum atomic E-state index is -0.514. The smallest absolute Gasteiger partial charge is 0.266 e. The highest BCUT2D eigenvalue weighted by Crippen LogP contribution is 2.24. The van der Waals surface area contributed by atoms with Crippen LogP contribution >= 0.6 is 11.6 Å². The number of fused-ring (bicyclic) bond motifs is 1. The predicted octanol–water partition coefficient (Wildman–Crippen LogP) is 5.04. The van der Waals surface area contributed by atoms with Gasteiger partial charge in [-0.25, -0.2) is 4.98 Å². The van der Waals surface area contributed by atoms with Crippen molar-refractivity contribution in [3.05, 3.63) is 94.0 Å². The van der Waals surface area contributed by atoms with Crippen LogP contribution in [0.25, 0.3) is 16.6 Å². The van der Waals surface area contributed by atoms with E-state index in [1.165, 1.54) is 4.90 Å². The SMILES string of the molecule is CCOc1ccc(-n2c(C(C)N(C)C(=O)COc3ccc(Cl)cc3)nc3ccccc3c2=O)cc1. The molecule has 0 saturated heterocycles. The molecule has 0 N–H and O–H groups in total. The summed E-state index contributed by atoms with van der Waals surface area (Å²) in [6, 6.07) is 20.7. The van der Waals surface area contributed by atoms with E-state index in [-0.39, 0.29) is 18.1 Å². The van der Waals surface area contributed by atoms with Crippen LogP contribution < -0.4 is 15.0 Å². The zero-order chi connectivity index (χ0) is 24.9. The Hall–Kier alpha value is -3.84. The number of amides is 1. The van der Waals surface area contributed by atoms with Gasteiger partial charge in [0.05, 0.1) is 29.2 Å². The summed E-state index contributed by atoms with van der Waals surface area (Å²) >= 11 is 5.91. The van der Waals surface area contributed by atoms with E-state index in [2.05, 4.69) is 0 Å². The number of carbonyl (C=O) groups is 1. The Kier molecular flexibility index (Phi) is 7.36. The second-order valence-electron chi connectivity index (χ2n) is 7.98. The number of aromatic nitrogens is 2. The van der Waals surface area contributed by atoms with Crippen LogP contribution in [0.15, 0.2) is 77.6 Å². The molecule has 1 amide bonds. The molecule has 0 radical (unpaired) electrons. The van der Waals surface area contributed by atoms with Crippen molar-refractivity contribution in [3.63, 3.8) is 0 Å². The first-order valence-corrected chi connectivity index (χ1v) is 11.7. The molecule has 4 rings (SSSR count). The fourth-order valence-corrected chi connectivity index (χ4v) is 3.83. The molecule has 1 unspecified atom stereocenters. The van der Waals surface area contributed by atoms with E-state index in [4.69, 9.17) is 26.1 Å². The first kappa shape index (κ1) is 24.3. The summed E-state index contributed by atoms with van der Waals surface area (Å²) in [5.74, 6) is 1.44. The maximum atomic E-state index is 13.5. The number of rotatable bonds is 8. The Balaban J connectivity index is 1.68. The number of likely N-dealkylation sites (N-methyl/N-ethyl adjacent to an activating group) is 1. The largest absolute Gasteiger partial charge is 0.494 e. The standard InChI is InChI=1S/C27H26ClN3O4/c1-4-34-21-15-11-20(12-16-21)31-26(29-24-8-6-5-7-23(24)27(31)33)18(2)30(3)25(32)17-35-22-13-9-19(28)10-14-22/h5-16,18H,4,17H2,1-3H3. The lowest BCUT2D eigenvalue weighted by molar-refractivity contribution is -0.134. The van der Waals surface area contributed by atoms with Crippen LogP contribution in [0.5, 0.6) is 11.5 Å². The second kappa shape index (κ2) is 10.6. The van der Waals surface area contributed by atoms with Gasteiger partial charge in [-0.3, -0.25) is 14.2 Å². The summed E-state index contributed by atoms with van der Waals surface area (Å²) in [7, 11) is 1.67. The fraction of sp³-hybridized carbons (Fsp3) is 0.222. The van der Waals surface area contributed by atoms with Gasteiger partial charge in [0.25, 0.3) is 11.5 Å². The van der Waals surface area contributed by atoms with Crippen molar-refractivity contribution < 1.29 is 14.3 Å². The Morgan fingerprint density at radius 1 is 1.00 bits per heavy atom. The molecular weight excluding hydrogens is 466 g/mol. The summed E-state index contributed by atoms with van der Waals surface area (Å²) < 4.78 is 12.7. The van der Waals surface area contributed by atoms with Crippen LogP contribution in [0.3, 0.4) is 0 Å². The highest BCUT2D eigenvalue weighted by Gasteiger charge is 2.24. The third-order valence-electron chi connectivity index (χ3n) is 5.73. The van der Waals surface area contributed by atoms with Gasteiger partial charge in [0.1, 0.15) is 17.3 Å². The second-order valence-corrected chi connectivity index (χ2v) is 8.41. The lowest BCUT2D eigenvalue weighted by Gasteiger charge is -2.27. The normalized spacial score (nSPS) is 11.8. The summed E-state index contributed by atoms with van der Waals surface area (Å²) in [6.07, 6.45) is 0. The van der Waals surface area contributed by atoms with Crippen LogP contribution in [0.4, 0.5) is 0 Å². The summed E-state index contributed by atoms with van der Waals surface area (Å²) in [4.78, 5) is 32.8. The van der Waals surface area contributed by atoms with Gasteiger partial charge < -0.3 is 14.4 Å². The minimum absolute atomic E-state index is 0.163. The minimum Gasteiger partial charge on any atom is -0.494 e. The Bertz CT molecular complexity index is 1380. The molecule has 0 aliphatic carbocycles. The van der Waals surface area contributed by atoms with E-state index in [1.54, 1.807) is 54.1 Å². The molecule has 0 aliphatic heterocycles. The zero-order valence-electron chi connectivity index (χ0n) is 19.8. The van der Waals surface area contributed by atoms with E-state index < -0.39 is 6.04 Å². The average Bonchev–Trinajstić information content (AvgIpc) is 2.88. The summed E-state index contributed by atoms with van der Waals surface area (Å²) in [6.45, 7) is 4.13. The van der Waals surface area contributed by atoms with E-state index in [1.807, 2.05) is 44.2 Å². The topological polar surface area (TPSA) is 73.7 Å². The van der Waals surface area contributed by atoms with Gasteiger partial charge in [0, 0.05) is 12.1 Å². The highest BCUT2D eigenvalue weighted by atomic mass is 35.5. The molecule has 0 fully saturated rings. The number of para-hydroxylation sites is 1. The summed E-state index contributed by atoms with van der Waals surface area (Å²) in [5.41, 5.74) is 0.997. The molecule has 3 aromatic carbocycles. The molecule has 1 heterocycles. The molecule has 4 aromatic rings. The van der Waals surface area contributed by atoms with Gasteiger partial charge >= 0.3 is 0 Å². The van der Waals surface area contributed by atoms with Crippen LogP contribution in [-0.4, -0.2) is 40.6 Å². The predicted molar refractivity (Wildman–Crippen MR) is 137 cm³/mol. The molecule has 1 aromatic heterocycles. The lowest BCUT2D eigenvalue weighted by Crippen LogP contribution is -2.37. The van der Waals surface area contributed by atoms with Gasteiger partial charge in [-0.2, -0.15) is 0 Å². The van der Waals surface area contributed by atoms with E-state index >= 15 is 0 Å². The number of hydrogen-bond donors (Lipinski definition) is 0. The molecule has 8 heteroatoms. The maximum absolute atomic E-state index is 13.5. The fourth-order valence-electron chi connectivity index (χ4n) is 3.70. The number of carbonyl (C=O) groups excluding carboxylic acids is 1. The highest BCUT2D eigenvalue weighted by molar-refractivity contribution is 6.30. The monoisotopic (exact) mass is 491 g/mol. The molecule has 7 nitrogen and oxygen atoms in total. The number of halogens is 1. The van der Waals surface area contributed by atoms with Crippen LogP contribution in [0.2, 0.25) is 5.02 Å². The van der Waals surface area contributed by atoms with Crippen molar-refractivity contribution >= 4 is 28.4 Å². The van der Waals surface area contributed by atoms with Gasteiger partial charge in [-0.1, -0.05) is 23.7 Å². The first-order chi connectivity index (χ1) is 16.9. The molecule has 35 heavy (non-hydrogen) atoms. The first-order valence-electron chi connectivity index (χ1n) is 11.3. The molecule has 0 saturated carbocycles.